The van der Waals surface area contributed by atoms with Crippen molar-refractivity contribution in [2.24, 2.45) is 5.41 Å². The van der Waals surface area contributed by atoms with Crippen LogP contribution >= 0.6 is 22.7 Å². The fraction of sp³-hybridized carbons (Fsp3) is 0.571. The number of hydrogen-bond acceptors (Lipinski definition) is 2. The van der Waals surface area contributed by atoms with Gasteiger partial charge in [0.05, 0.1) is 0 Å². The molecule has 1 fully saturated rings. The third-order valence-corrected chi connectivity index (χ3v) is 6.33. The first-order valence-corrected chi connectivity index (χ1v) is 7.82. The van der Waals surface area contributed by atoms with Crippen LogP contribution in [0.1, 0.15) is 43.0 Å². The van der Waals surface area contributed by atoms with Gasteiger partial charge in [-0.15, -0.1) is 22.7 Å². The molecular weight excluding hydrogens is 232 g/mol. The van der Waals surface area contributed by atoms with Gasteiger partial charge in [-0.2, -0.15) is 0 Å². The molecule has 0 spiro atoms. The van der Waals surface area contributed by atoms with Gasteiger partial charge in [0.2, 0.25) is 0 Å². The standard InChI is InChI=1S/C14H18S2/c1-10-9-15-12-7-11(16-13(10)12)8-14(2)5-3-4-6-14/h7,9H,3-6,8H2,1-2H3. The topological polar surface area (TPSA) is 0 Å². The van der Waals surface area contributed by atoms with E-state index in [1.807, 2.05) is 22.7 Å². The van der Waals surface area contributed by atoms with Gasteiger partial charge >= 0.3 is 0 Å². The van der Waals surface area contributed by atoms with E-state index in [9.17, 15) is 0 Å². The number of thiophene rings is 2. The van der Waals surface area contributed by atoms with Crippen LogP contribution in [0, 0.1) is 12.3 Å². The molecule has 0 aliphatic heterocycles. The van der Waals surface area contributed by atoms with Crippen molar-refractivity contribution >= 4 is 32.1 Å². The largest absolute Gasteiger partial charge is 0.143 e. The number of fused-ring (bicyclic) bond motifs is 1. The van der Waals surface area contributed by atoms with Crippen LogP contribution in [-0.4, -0.2) is 0 Å². The van der Waals surface area contributed by atoms with Crippen LogP contribution in [0.5, 0.6) is 0 Å². The Morgan fingerprint density at radius 1 is 1.31 bits per heavy atom. The van der Waals surface area contributed by atoms with Crippen LogP contribution in [0.4, 0.5) is 0 Å². The molecule has 0 unspecified atom stereocenters. The Labute approximate surface area is 105 Å². The molecule has 0 nitrogen and oxygen atoms in total. The zero-order chi connectivity index (χ0) is 11.2. The second-order valence-corrected chi connectivity index (χ2v) is 7.57. The van der Waals surface area contributed by atoms with Crippen LogP contribution in [0.15, 0.2) is 11.4 Å². The highest BCUT2D eigenvalue weighted by Crippen LogP contribution is 2.43. The Hall–Kier alpha value is -0.340. The molecule has 2 heteroatoms. The average molecular weight is 250 g/mol. The van der Waals surface area contributed by atoms with Crippen molar-refractivity contribution in [3.8, 4) is 0 Å². The van der Waals surface area contributed by atoms with Crippen molar-refractivity contribution in [1.82, 2.24) is 0 Å². The monoisotopic (exact) mass is 250 g/mol. The first kappa shape index (κ1) is 10.8. The summed E-state index contributed by atoms with van der Waals surface area (Å²) in [7, 11) is 0. The quantitative estimate of drug-likeness (QED) is 0.670. The third-order valence-electron chi connectivity index (χ3n) is 3.88. The van der Waals surface area contributed by atoms with Crippen LogP contribution in [0.3, 0.4) is 0 Å². The van der Waals surface area contributed by atoms with Crippen LogP contribution in [-0.2, 0) is 6.42 Å². The first-order valence-electron chi connectivity index (χ1n) is 6.13. The molecule has 86 valence electrons. The summed E-state index contributed by atoms with van der Waals surface area (Å²) >= 11 is 3.93. The molecule has 2 aromatic heterocycles. The van der Waals surface area contributed by atoms with Crippen LogP contribution < -0.4 is 0 Å². The molecule has 0 bridgehead atoms. The van der Waals surface area contributed by atoms with Crippen molar-refractivity contribution < 1.29 is 0 Å². The molecule has 1 aliphatic rings. The number of aryl methyl sites for hydroxylation is 1. The van der Waals surface area contributed by atoms with Gasteiger partial charge in [0.25, 0.3) is 0 Å². The lowest BCUT2D eigenvalue weighted by Crippen LogP contribution is -2.13. The van der Waals surface area contributed by atoms with Crippen molar-refractivity contribution in [3.05, 3.63) is 21.9 Å². The maximum Gasteiger partial charge on any atom is 0.0482 e. The average Bonchev–Trinajstić information content (AvgIpc) is 2.88. The molecule has 0 amide bonds. The lowest BCUT2D eigenvalue weighted by atomic mass is 9.85. The summed E-state index contributed by atoms with van der Waals surface area (Å²) in [5.74, 6) is 0. The summed E-state index contributed by atoms with van der Waals surface area (Å²) < 4.78 is 3.03. The lowest BCUT2D eigenvalue weighted by Gasteiger charge is -2.22. The SMILES string of the molecule is Cc1csc2cc(CC3(C)CCCC3)sc12. The molecular formula is C14H18S2. The fourth-order valence-electron chi connectivity index (χ4n) is 2.90. The summed E-state index contributed by atoms with van der Waals surface area (Å²) in [6, 6.07) is 2.43. The third kappa shape index (κ3) is 1.82. The summed E-state index contributed by atoms with van der Waals surface area (Å²) in [6.07, 6.45) is 7.04. The molecule has 0 saturated heterocycles. The van der Waals surface area contributed by atoms with Crippen molar-refractivity contribution in [3.63, 3.8) is 0 Å². The molecule has 0 N–H and O–H groups in total. The van der Waals surface area contributed by atoms with Crippen molar-refractivity contribution in [2.75, 3.05) is 0 Å². The van der Waals surface area contributed by atoms with Crippen LogP contribution in [0.2, 0.25) is 0 Å². The molecule has 2 heterocycles. The Bertz CT molecular complexity index is 498. The molecule has 0 atom stereocenters. The first-order chi connectivity index (χ1) is 7.66. The van der Waals surface area contributed by atoms with E-state index in [1.165, 1.54) is 47.1 Å². The molecule has 2 aromatic rings. The highest BCUT2D eigenvalue weighted by atomic mass is 32.1. The Morgan fingerprint density at radius 2 is 2.06 bits per heavy atom. The molecule has 16 heavy (non-hydrogen) atoms. The Morgan fingerprint density at radius 3 is 2.75 bits per heavy atom. The van der Waals surface area contributed by atoms with Gasteiger partial charge in [-0.25, -0.2) is 0 Å². The highest BCUT2D eigenvalue weighted by Gasteiger charge is 2.29. The Balaban J connectivity index is 1.89. The minimum absolute atomic E-state index is 0.598. The number of hydrogen-bond donors (Lipinski definition) is 0. The summed E-state index contributed by atoms with van der Waals surface area (Å²) in [6.45, 7) is 4.71. The maximum absolute atomic E-state index is 2.47. The predicted octanol–water partition coefficient (Wildman–Crippen LogP) is 5.39. The van der Waals surface area contributed by atoms with Gasteiger partial charge < -0.3 is 0 Å². The van der Waals surface area contributed by atoms with E-state index >= 15 is 0 Å². The normalized spacial score (nSPS) is 19.6. The molecule has 0 radical (unpaired) electrons. The van der Waals surface area contributed by atoms with E-state index in [0.717, 1.165) is 0 Å². The van der Waals surface area contributed by atoms with Gasteiger partial charge in [-0.05, 0) is 48.6 Å². The summed E-state index contributed by atoms with van der Waals surface area (Å²) in [5.41, 5.74) is 2.06. The van der Waals surface area contributed by atoms with Gasteiger partial charge in [0.15, 0.2) is 0 Å². The fourth-order valence-corrected chi connectivity index (χ4v) is 5.46. The van der Waals surface area contributed by atoms with Crippen molar-refractivity contribution in [2.45, 2.75) is 46.0 Å². The van der Waals surface area contributed by atoms with E-state index in [1.54, 1.807) is 4.88 Å². The minimum Gasteiger partial charge on any atom is -0.143 e. The smallest absolute Gasteiger partial charge is 0.0482 e. The van der Waals surface area contributed by atoms with Crippen LogP contribution in [0.25, 0.3) is 9.40 Å². The zero-order valence-corrected chi connectivity index (χ0v) is 11.6. The Kier molecular flexibility index (Phi) is 2.60. The maximum atomic E-state index is 2.47. The van der Waals surface area contributed by atoms with Gasteiger partial charge in [-0.1, -0.05) is 19.8 Å². The molecule has 1 aliphatic carbocycles. The molecule has 3 rings (SSSR count). The van der Waals surface area contributed by atoms with Gasteiger partial charge in [0, 0.05) is 14.3 Å². The predicted molar refractivity (Wildman–Crippen MR) is 74.7 cm³/mol. The summed E-state index contributed by atoms with van der Waals surface area (Å²) in [4.78, 5) is 1.61. The summed E-state index contributed by atoms with van der Waals surface area (Å²) in [5, 5.41) is 2.28. The van der Waals surface area contributed by atoms with E-state index in [-0.39, 0.29) is 0 Å². The van der Waals surface area contributed by atoms with E-state index < -0.39 is 0 Å². The lowest BCUT2D eigenvalue weighted by molar-refractivity contribution is 0.337. The number of rotatable bonds is 2. The van der Waals surface area contributed by atoms with Crippen molar-refractivity contribution in [1.29, 1.82) is 0 Å². The highest BCUT2D eigenvalue weighted by molar-refractivity contribution is 7.27. The van der Waals surface area contributed by atoms with E-state index in [4.69, 9.17) is 0 Å². The second kappa shape index (κ2) is 3.85. The van der Waals surface area contributed by atoms with Gasteiger partial charge in [-0.3, -0.25) is 0 Å². The second-order valence-electron chi connectivity index (χ2n) is 5.52. The molecule has 0 aromatic carbocycles. The zero-order valence-electron chi connectivity index (χ0n) is 10.0. The van der Waals surface area contributed by atoms with E-state index in [2.05, 4.69) is 25.3 Å². The van der Waals surface area contributed by atoms with Gasteiger partial charge in [0.1, 0.15) is 0 Å². The molecule has 1 saturated carbocycles. The minimum atomic E-state index is 0.598. The van der Waals surface area contributed by atoms with E-state index in [0.29, 0.717) is 5.41 Å².